The van der Waals surface area contributed by atoms with Gasteiger partial charge in [0.2, 0.25) is 11.1 Å². The van der Waals surface area contributed by atoms with E-state index in [-0.39, 0.29) is 11.7 Å². The molecule has 3 aromatic rings. The van der Waals surface area contributed by atoms with Crippen molar-refractivity contribution in [3.05, 3.63) is 53.5 Å². The fourth-order valence-electron chi connectivity index (χ4n) is 2.42. The fourth-order valence-corrected chi connectivity index (χ4v) is 3.25. The van der Waals surface area contributed by atoms with Gasteiger partial charge in [0.15, 0.2) is 0 Å². The van der Waals surface area contributed by atoms with Gasteiger partial charge in [0, 0.05) is 7.05 Å². The smallest absolute Gasteiger partial charge is 0.233 e. The Labute approximate surface area is 150 Å². The molecule has 0 bridgehead atoms. The second-order valence-electron chi connectivity index (χ2n) is 5.78. The lowest BCUT2D eigenvalue weighted by Crippen LogP contribution is -2.27. The summed E-state index contributed by atoms with van der Waals surface area (Å²) in [6, 6.07) is 9.72. The summed E-state index contributed by atoms with van der Waals surface area (Å²) < 4.78 is 6.93. The van der Waals surface area contributed by atoms with Crippen molar-refractivity contribution < 1.29 is 9.21 Å². The topological polar surface area (TPSA) is 77.1 Å². The van der Waals surface area contributed by atoms with Crippen LogP contribution in [0.1, 0.15) is 16.9 Å². The van der Waals surface area contributed by atoms with Gasteiger partial charge in [-0.25, -0.2) is 0 Å². The van der Waals surface area contributed by atoms with E-state index in [0.29, 0.717) is 11.7 Å². The number of carbonyl (C=O) groups is 1. The fraction of sp³-hybridized carbons (Fsp3) is 0.294. The molecule has 25 heavy (non-hydrogen) atoms. The Hall–Kier alpha value is -2.61. The van der Waals surface area contributed by atoms with Crippen molar-refractivity contribution in [2.75, 3.05) is 12.8 Å². The highest BCUT2D eigenvalue weighted by atomic mass is 32.2. The van der Waals surface area contributed by atoms with Crippen LogP contribution in [-0.4, -0.2) is 43.8 Å². The van der Waals surface area contributed by atoms with Crippen LogP contribution in [0.5, 0.6) is 0 Å². The molecule has 0 atom stereocenters. The van der Waals surface area contributed by atoms with Crippen molar-refractivity contribution in [1.82, 2.24) is 25.1 Å². The number of thioether (sulfide) groups is 1. The summed E-state index contributed by atoms with van der Waals surface area (Å²) >= 11 is 1.32. The predicted octanol–water partition coefficient (Wildman–Crippen LogP) is 2.62. The highest BCUT2D eigenvalue weighted by Crippen LogP contribution is 2.21. The highest BCUT2D eigenvalue weighted by molar-refractivity contribution is 7.99. The number of rotatable bonds is 6. The zero-order valence-corrected chi connectivity index (χ0v) is 15.2. The summed E-state index contributed by atoms with van der Waals surface area (Å²) in [5.41, 5.74) is 3.17. The van der Waals surface area contributed by atoms with Gasteiger partial charge in [-0.05, 0) is 48.0 Å². The number of furan rings is 1. The molecule has 1 aromatic carbocycles. The van der Waals surface area contributed by atoms with Crippen LogP contribution in [-0.2, 0) is 11.3 Å². The third kappa shape index (κ3) is 4.08. The van der Waals surface area contributed by atoms with E-state index >= 15 is 0 Å². The van der Waals surface area contributed by atoms with E-state index < -0.39 is 0 Å². The third-order valence-corrected chi connectivity index (χ3v) is 4.65. The van der Waals surface area contributed by atoms with Gasteiger partial charge in [0.25, 0.3) is 0 Å². The molecule has 0 saturated carbocycles. The predicted molar refractivity (Wildman–Crippen MR) is 94.5 cm³/mol. The Kier molecular flexibility index (Phi) is 5.18. The summed E-state index contributed by atoms with van der Waals surface area (Å²) in [7, 11) is 1.75. The van der Waals surface area contributed by atoms with Crippen LogP contribution >= 0.6 is 11.8 Å². The summed E-state index contributed by atoms with van der Waals surface area (Å²) in [5, 5.41) is 12.4. The molecule has 7 nitrogen and oxygen atoms in total. The van der Waals surface area contributed by atoms with E-state index in [1.54, 1.807) is 29.0 Å². The lowest BCUT2D eigenvalue weighted by molar-refractivity contribution is -0.127. The van der Waals surface area contributed by atoms with E-state index in [2.05, 4.69) is 21.6 Å². The maximum absolute atomic E-state index is 12.3. The number of carbonyl (C=O) groups excluding carboxylic acids is 1. The molecule has 8 heteroatoms. The minimum absolute atomic E-state index is 0.0171. The van der Waals surface area contributed by atoms with Gasteiger partial charge in [-0.15, -0.1) is 5.10 Å². The van der Waals surface area contributed by atoms with Gasteiger partial charge in [-0.2, -0.15) is 4.68 Å². The number of tetrazole rings is 1. The average molecular weight is 357 g/mol. The lowest BCUT2D eigenvalue weighted by atomic mass is 10.1. The molecule has 0 N–H and O–H groups in total. The van der Waals surface area contributed by atoms with Crippen molar-refractivity contribution in [1.29, 1.82) is 0 Å². The number of aromatic nitrogens is 4. The molecule has 0 aliphatic carbocycles. The van der Waals surface area contributed by atoms with Crippen molar-refractivity contribution in [3.8, 4) is 5.69 Å². The minimum Gasteiger partial charge on any atom is -0.467 e. The van der Waals surface area contributed by atoms with Gasteiger partial charge in [0.05, 0.1) is 24.2 Å². The van der Waals surface area contributed by atoms with Gasteiger partial charge in [-0.3, -0.25) is 4.79 Å². The van der Waals surface area contributed by atoms with E-state index in [9.17, 15) is 4.79 Å². The van der Waals surface area contributed by atoms with Gasteiger partial charge in [-0.1, -0.05) is 29.5 Å². The normalized spacial score (nSPS) is 10.8. The Balaban J connectivity index is 1.66. The minimum atomic E-state index is -0.0171. The number of aryl methyl sites for hydroxylation is 2. The van der Waals surface area contributed by atoms with Crippen LogP contribution < -0.4 is 0 Å². The molecule has 0 saturated heterocycles. The van der Waals surface area contributed by atoms with E-state index in [1.165, 1.54) is 17.3 Å². The van der Waals surface area contributed by atoms with Crippen molar-refractivity contribution in [2.45, 2.75) is 25.5 Å². The molecule has 2 heterocycles. The third-order valence-electron chi connectivity index (χ3n) is 3.74. The zero-order valence-electron chi connectivity index (χ0n) is 14.3. The Morgan fingerprint density at radius 2 is 2.16 bits per heavy atom. The first kappa shape index (κ1) is 17.2. The SMILES string of the molecule is Cc1ccc(-n2nnnc2SCC(=O)N(C)Cc2ccco2)c(C)c1. The Morgan fingerprint density at radius 3 is 2.88 bits per heavy atom. The first-order valence-corrected chi connectivity index (χ1v) is 8.78. The average Bonchev–Trinajstić information content (AvgIpc) is 3.24. The molecule has 0 fully saturated rings. The number of hydrogen-bond donors (Lipinski definition) is 0. The van der Waals surface area contributed by atoms with Crippen molar-refractivity contribution >= 4 is 17.7 Å². The summed E-state index contributed by atoms with van der Waals surface area (Å²) in [4.78, 5) is 13.9. The number of benzene rings is 1. The van der Waals surface area contributed by atoms with Crippen molar-refractivity contribution in [3.63, 3.8) is 0 Å². The van der Waals surface area contributed by atoms with E-state index in [1.807, 2.05) is 32.0 Å². The second kappa shape index (κ2) is 7.52. The first-order valence-electron chi connectivity index (χ1n) is 7.80. The van der Waals surface area contributed by atoms with E-state index in [0.717, 1.165) is 17.0 Å². The standard InChI is InChI=1S/C17H19N5O2S/c1-12-6-7-15(13(2)9-12)22-17(18-19-20-22)25-11-16(23)21(3)10-14-5-4-8-24-14/h4-9H,10-11H2,1-3H3. The highest BCUT2D eigenvalue weighted by Gasteiger charge is 2.16. The molecule has 0 radical (unpaired) electrons. The zero-order chi connectivity index (χ0) is 17.8. The van der Waals surface area contributed by atoms with Crippen LogP contribution in [0.15, 0.2) is 46.2 Å². The van der Waals surface area contributed by atoms with Crippen LogP contribution in [0.4, 0.5) is 0 Å². The van der Waals surface area contributed by atoms with Crippen LogP contribution in [0.2, 0.25) is 0 Å². The number of nitrogens with zero attached hydrogens (tertiary/aromatic N) is 5. The largest absolute Gasteiger partial charge is 0.467 e. The molecular formula is C17H19N5O2S. The lowest BCUT2D eigenvalue weighted by Gasteiger charge is -2.15. The van der Waals surface area contributed by atoms with E-state index in [4.69, 9.17) is 4.42 Å². The molecule has 2 aromatic heterocycles. The molecule has 0 aliphatic heterocycles. The van der Waals surface area contributed by atoms with Gasteiger partial charge in [0.1, 0.15) is 5.76 Å². The number of hydrogen-bond acceptors (Lipinski definition) is 6. The molecule has 0 unspecified atom stereocenters. The molecule has 0 spiro atoms. The van der Waals surface area contributed by atoms with Gasteiger partial charge < -0.3 is 9.32 Å². The summed E-state index contributed by atoms with van der Waals surface area (Å²) in [5.74, 6) is 0.986. The number of amides is 1. The monoisotopic (exact) mass is 357 g/mol. The first-order chi connectivity index (χ1) is 12.0. The van der Waals surface area contributed by atoms with Crippen LogP contribution in [0.3, 0.4) is 0 Å². The van der Waals surface area contributed by atoms with Crippen molar-refractivity contribution in [2.24, 2.45) is 0 Å². The summed E-state index contributed by atoms with van der Waals surface area (Å²) in [6.45, 7) is 4.49. The summed E-state index contributed by atoms with van der Waals surface area (Å²) in [6.07, 6.45) is 1.60. The van der Waals surface area contributed by atoms with Gasteiger partial charge >= 0.3 is 0 Å². The maximum Gasteiger partial charge on any atom is 0.233 e. The second-order valence-corrected chi connectivity index (χ2v) is 6.72. The molecule has 1 amide bonds. The quantitative estimate of drug-likeness (QED) is 0.631. The molecule has 130 valence electrons. The van der Waals surface area contributed by atoms with Crippen LogP contribution in [0.25, 0.3) is 5.69 Å². The molecule has 0 aliphatic rings. The van der Waals surface area contributed by atoms with Crippen LogP contribution in [0, 0.1) is 13.8 Å². The Morgan fingerprint density at radius 1 is 1.32 bits per heavy atom. The maximum atomic E-state index is 12.3. The Bertz CT molecular complexity index is 860. The molecule has 3 rings (SSSR count). The molecular weight excluding hydrogens is 338 g/mol.